The Bertz CT molecular complexity index is 447. The lowest BCUT2D eigenvalue weighted by Crippen LogP contribution is -2.15. The molecule has 0 amide bonds. The molecule has 0 aromatic heterocycles. The van der Waals surface area contributed by atoms with Crippen molar-refractivity contribution in [3.05, 3.63) is 28.3 Å². The first kappa shape index (κ1) is 16.3. The van der Waals surface area contributed by atoms with Gasteiger partial charge in [-0.3, -0.25) is 10.1 Å². The lowest BCUT2D eigenvalue weighted by atomic mass is 10.0. The number of anilines is 1. The first-order chi connectivity index (χ1) is 9.43. The van der Waals surface area contributed by atoms with Crippen LogP contribution in [0.2, 0.25) is 0 Å². The molecule has 0 heterocycles. The zero-order chi connectivity index (χ0) is 15.1. The van der Waals surface area contributed by atoms with Crippen LogP contribution in [0.15, 0.2) is 18.2 Å². The van der Waals surface area contributed by atoms with E-state index < -0.39 is 4.92 Å². The van der Waals surface area contributed by atoms with E-state index in [1.165, 1.54) is 6.07 Å². The molecule has 0 fully saturated rings. The van der Waals surface area contributed by atoms with Crippen LogP contribution in [-0.2, 0) is 0 Å². The van der Waals surface area contributed by atoms with Crippen LogP contribution in [0.3, 0.4) is 0 Å². The Morgan fingerprint density at radius 3 is 2.55 bits per heavy atom. The minimum atomic E-state index is -0.420. The van der Waals surface area contributed by atoms with Crippen molar-refractivity contribution in [3.8, 4) is 5.75 Å². The van der Waals surface area contributed by atoms with Crippen LogP contribution in [-0.4, -0.2) is 17.6 Å². The Morgan fingerprint density at radius 1 is 1.30 bits per heavy atom. The summed E-state index contributed by atoms with van der Waals surface area (Å²) in [6, 6.07) is 5.25. The molecule has 20 heavy (non-hydrogen) atoms. The smallest absolute Gasteiger partial charge is 0.311 e. The van der Waals surface area contributed by atoms with Gasteiger partial charge in [0.1, 0.15) is 0 Å². The monoisotopic (exact) mass is 280 g/mol. The van der Waals surface area contributed by atoms with Gasteiger partial charge in [0.05, 0.1) is 11.5 Å². The highest BCUT2D eigenvalue weighted by molar-refractivity contribution is 5.58. The Hall–Kier alpha value is -1.78. The molecule has 5 heteroatoms. The van der Waals surface area contributed by atoms with Gasteiger partial charge in [-0.1, -0.05) is 13.8 Å². The molecule has 1 N–H and O–H groups in total. The fourth-order valence-electron chi connectivity index (χ4n) is 1.97. The number of rotatable bonds is 8. The van der Waals surface area contributed by atoms with E-state index in [1.807, 2.05) is 6.92 Å². The standard InChI is InChI=1S/C15H24N2O3/c1-5-20-15-10-13(8-9-14(15)17(18)19)16-12(4)7-6-11(2)3/h8-12,16H,5-7H2,1-4H3. The van der Waals surface area contributed by atoms with Gasteiger partial charge in [-0.15, -0.1) is 0 Å². The van der Waals surface area contributed by atoms with Crippen molar-refractivity contribution in [2.24, 2.45) is 5.92 Å². The van der Waals surface area contributed by atoms with Crippen LogP contribution in [0.4, 0.5) is 11.4 Å². The highest BCUT2D eigenvalue weighted by Gasteiger charge is 2.15. The molecule has 0 aliphatic rings. The van der Waals surface area contributed by atoms with Crippen molar-refractivity contribution < 1.29 is 9.66 Å². The molecule has 1 rings (SSSR count). The molecule has 0 saturated heterocycles. The molecule has 0 aliphatic heterocycles. The number of hydrogen-bond acceptors (Lipinski definition) is 4. The van der Waals surface area contributed by atoms with Gasteiger partial charge in [0.25, 0.3) is 0 Å². The van der Waals surface area contributed by atoms with E-state index in [1.54, 1.807) is 12.1 Å². The summed E-state index contributed by atoms with van der Waals surface area (Å²) in [6.45, 7) is 8.74. The Labute approximate surface area is 120 Å². The molecule has 0 spiro atoms. The normalized spacial score (nSPS) is 12.2. The van der Waals surface area contributed by atoms with Gasteiger partial charge in [-0.05, 0) is 38.7 Å². The quantitative estimate of drug-likeness (QED) is 0.571. The van der Waals surface area contributed by atoms with Crippen LogP contribution in [0, 0.1) is 16.0 Å². The molecule has 0 radical (unpaired) electrons. The average Bonchev–Trinajstić information content (AvgIpc) is 2.36. The topological polar surface area (TPSA) is 64.4 Å². The molecular formula is C15H24N2O3. The van der Waals surface area contributed by atoms with Gasteiger partial charge < -0.3 is 10.1 Å². The van der Waals surface area contributed by atoms with Gasteiger partial charge in [0.2, 0.25) is 0 Å². The molecule has 0 bridgehead atoms. The predicted octanol–water partition coefficient (Wildman–Crippen LogP) is 4.23. The Balaban J connectivity index is 2.76. The summed E-state index contributed by atoms with van der Waals surface area (Å²) in [5, 5.41) is 14.3. The SMILES string of the molecule is CCOc1cc(NC(C)CCC(C)C)ccc1[N+](=O)[O-]. The van der Waals surface area contributed by atoms with Crippen molar-refractivity contribution in [3.63, 3.8) is 0 Å². The second-order valence-corrected chi connectivity index (χ2v) is 5.39. The number of benzene rings is 1. The highest BCUT2D eigenvalue weighted by atomic mass is 16.6. The maximum Gasteiger partial charge on any atom is 0.311 e. The van der Waals surface area contributed by atoms with Gasteiger partial charge in [0.15, 0.2) is 5.75 Å². The lowest BCUT2D eigenvalue weighted by Gasteiger charge is -2.17. The van der Waals surface area contributed by atoms with E-state index in [0.29, 0.717) is 24.3 Å². The summed E-state index contributed by atoms with van der Waals surface area (Å²) >= 11 is 0. The summed E-state index contributed by atoms with van der Waals surface area (Å²) in [6.07, 6.45) is 2.22. The van der Waals surface area contributed by atoms with Gasteiger partial charge >= 0.3 is 5.69 Å². The van der Waals surface area contributed by atoms with Gasteiger partial charge in [-0.2, -0.15) is 0 Å². The largest absolute Gasteiger partial charge is 0.487 e. The van der Waals surface area contributed by atoms with E-state index in [0.717, 1.165) is 18.5 Å². The zero-order valence-electron chi connectivity index (χ0n) is 12.7. The highest BCUT2D eigenvalue weighted by Crippen LogP contribution is 2.30. The third kappa shape index (κ3) is 5.07. The summed E-state index contributed by atoms with van der Waals surface area (Å²) in [7, 11) is 0. The van der Waals surface area contributed by atoms with Crippen LogP contribution in [0.1, 0.15) is 40.5 Å². The molecule has 1 unspecified atom stereocenters. The number of nitro benzene ring substituents is 1. The van der Waals surface area contributed by atoms with Crippen LogP contribution >= 0.6 is 0 Å². The fraction of sp³-hybridized carbons (Fsp3) is 0.600. The molecule has 0 aliphatic carbocycles. The summed E-state index contributed by atoms with van der Waals surface area (Å²) in [5.74, 6) is 0.994. The first-order valence-electron chi connectivity index (χ1n) is 7.11. The molecule has 1 aromatic carbocycles. The van der Waals surface area contributed by atoms with Crippen molar-refractivity contribution >= 4 is 11.4 Å². The van der Waals surface area contributed by atoms with Crippen LogP contribution in [0.25, 0.3) is 0 Å². The number of hydrogen-bond donors (Lipinski definition) is 1. The van der Waals surface area contributed by atoms with E-state index >= 15 is 0 Å². The van der Waals surface area contributed by atoms with Gasteiger partial charge in [-0.25, -0.2) is 0 Å². The number of nitro groups is 1. The van der Waals surface area contributed by atoms with Crippen molar-refractivity contribution in [2.75, 3.05) is 11.9 Å². The molecule has 5 nitrogen and oxygen atoms in total. The predicted molar refractivity (Wildman–Crippen MR) is 81.4 cm³/mol. The van der Waals surface area contributed by atoms with E-state index in [-0.39, 0.29) is 5.69 Å². The molecular weight excluding hydrogens is 256 g/mol. The molecule has 0 saturated carbocycles. The van der Waals surface area contributed by atoms with E-state index in [9.17, 15) is 10.1 Å². The first-order valence-corrected chi connectivity index (χ1v) is 7.11. The minimum Gasteiger partial charge on any atom is -0.487 e. The van der Waals surface area contributed by atoms with Crippen molar-refractivity contribution in [2.45, 2.75) is 46.6 Å². The maximum atomic E-state index is 10.9. The molecule has 1 aromatic rings. The lowest BCUT2D eigenvalue weighted by molar-refractivity contribution is -0.385. The summed E-state index contributed by atoms with van der Waals surface area (Å²) < 4.78 is 5.34. The van der Waals surface area contributed by atoms with Gasteiger partial charge in [0, 0.05) is 23.9 Å². The zero-order valence-corrected chi connectivity index (χ0v) is 12.7. The minimum absolute atomic E-state index is 0.00670. The Morgan fingerprint density at radius 2 is 2.00 bits per heavy atom. The summed E-state index contributed by atoms with van der Waals surface area (Å²) in [4.78, 5) is 10.5. The van der Waals surface area contributed by atoms with Crippen molar-refractivity contribution in [1.82, 2.24) is 0 Å². The summed E-state index contributed by atoms with van der Waals surface area (Å²) in [5.41, 5.74) is 0.863. The fourth-order valence-corrected chi connectivity index (χ4v) is 1.97. The molecule has 1 atom stereocenters. The van der Waals surface area contributed by atoms with E-state index in [4.69, 9.17) is 4.74 Å². The van der Waals surface area contributed by atoms with Crippen molar-refractivity contribution in [1.29, 1.82) is 0 Å². The Kier molecular flexibility index (Phi) is 6.28. The van der Waals surface area contributed by atoms with Crippen LogP contribution < -0.4 is 10.1 Å². The second-order valence-electron chi connectivity index (χ2n) is 5.39. The third-order valence-electron chi connectivity index (χ3n) is 3.05. The maximum absolute atomic E-state index is 10.9. The van der Waals surface area contributed by atoms with Crippen LogP contribution in [0.5, 0.6) is 5.75 Å². The van der Waals surface area contributed by atoms with E-state index in [2.05, 4.69) is 26.1 Å². The average molecular weight is 280 g/mol. The second kappa shape index (κ2) is 7.72. The number of nitrogens with zero attached hydrogens (tertiary/aromatic N) is 1. The third-order valence-corrected chi connectivity index (χ3v) is 3.05. The number of ether oxygens (including phenoxy) is 1. The molecule has 112 valence electrons. The number of nitrogens with one attached hydrogen (secondary N) is 1.